The molecule has 2 rings (SSSR count). The van der Waals surface area contributed by atoms with E-state index in [1.807, 2.05) is 12.1 Å². The van der Waals surface area contributed by atoms with Crippen molar-refractivity contribution in [2.75, 3.05) is 19.0 Å². The lowest BCUT2D eigenvalue weighted by Crippen LogP contribution is -2.36. The van der Waals surface area contributed by atoms with Crippen LogP contribution in [-0.2, 0) is 4.74 Å². The van der Waals surface area contributed by atoms with Crippen LogP contribution in [0.4, 0.5) is 5.69 Å². The van der Waals surface area contributed by atoms with Crippen LogP contribution < -0.4 is 10.1 Å². The van der Waals surface area contributed by atoms with Crippen molar-refractivity contribution in [1.82, 2.24) is 0 Å². The Morgan fingerprint density at radius 2 is 2.21 bits per heavy atom. The zero-order valence-electron chi connectivity index (χ0n) is 11.8. The SMILES string of the molecule is COc1ccc(Br)cc1NC1CCOC(C(C)C)C1. The highest BCUT2D eigenvalue weighted by atomic mass is 79.9. The quantitative estimate of drug-likeness (QED) is 0.904. The molecular formula is C15H22BrNO2. The van der Waals surface area contributed by atoms with Crippen LogP contribution in [0, 0.1) is 5.92 Å². The van der Waals surface area contributed by atoms with Crippen LogP contribution in [0.5, 0.6) is 5.75 Å². The average Bonchev–Trinajstić information content (AvgIpc) is 2.39. The van der Waals surface area contributed by atoms with E-state index >= 15 is 0 Å². The smallest absolute Gasteiger partial charge is 0.142 e. The van der Waals surface area contributed by atoms with E-state index in [0.717, 1.165) is 35.4 Å². The number of anilines is 1. The first-order valence-electron chi connectivity index (χ1n) is 6.82. The fraction of sp³-hybridized carbons (Fsp3) is 0.600. The Kier molecular flexibility index (Phi) is 5.11. The van der Waals surface area contributed by atoms with Crippen LogP contribution in [0.3, 0.4) is 0 Å². The first-order valence-corrected chi connectivity index (χ1v) is 7.61. The van der Waals surface area contributed by atoms with Crippen molar-refractivity contribution < 1.29 is 9.47 Å². The van der Waals surface area contributed by atoms with Crippen LogP contribution >= 0.6 is 15.9 Å². The molecule has 1 aliphatic rings. The molecule has 0 saturated carbocycles. The zero-order chi connectivity index (χ0) is 13.8. The van der Waals surface area contributed by atoms with Gasteiger partial charge >= 0.3 is 0 Å². The molecule has 1 aromatic carbocycles. The Balaban J connectivity index is 2.06. The van der Waals surface area contributed by atoms with E-state index in [0.29, 0.717) is 18.1 Å². The first kappa shape index (κ1) is 14.7. The fourth-order valence-corrected chi connectivity index (χ4v) is 2.80. The molecule has 2 atom stereocenters. The number of nitrogens with one attached hydrogen (secondary N) is 1. The van der Waals surface area contributed by atoms with Gasteiger partial charge in [-0.05, 0) is 37.0 Å². The number of benzene rings is 1. The number of hydrogen-bond donors (Lipinski definition) is 1. The van der Waals surface area contributed by atoms with Gasteiger partial charge < -0.3 is 14.8 Å². The minimum atomic E-state index is 0.351. The van der Waals surface area contributed by atoms with E-state index in [2.05, 4.69) is 41.2 Å². The number of rotatable bonds is 4. The summed E-state index contributed by atoms with van der Waals surface area (Å²) in [7, 11) is 1.70. The van der Waals surface area contributed by atoms with E-state index in [1.54, 1.807) is 7.11 Å². The van der Waals surface area contributed by atoms with Gasteiger partial charge in [0.05, 0.1) is 18.9 Å². The number of halogens is 1. The summed E-state index contributed by atoms with van der Waals surface area (Å²) in [5.74, 6) is 1.45. The van der Waals surface area contributed by atoms with E-state index < -0.39 is 0 Å². The normalized spacial score (nSPS) is 23.4. The standard InChI is InChI=1S/C15H22BrNO2/c1-10(2)15-9-12(6-7-19-15)17-13-8-11(16)4-5-14(13)18-3/h4-5,8,10,12,15,17H,6-7,9H2,1-3H3. The maximum atomic E-state index is 5.81. The number of hydrogen-bond acceptors (Lipinski definition) is 3. The second-order valence-electron chi connectivity index (χ2n) is 5.36. The third-order valence-corrected chi connectivity index (χ3v) is 4.07. The highest BCUT2D eigenvalue weighted by molar-refractivity contribution is 9.10. The molecule has 3 nitrogen and oxygen atoms in total. The lowest BCUT2D eigenvalue weighted by molar-refractivity contribution is -0.0161. The van der Waals surface area contributed by atoms with Gasteiger partial charge in [-0.25, -0.2) is 0 Å². The van der Waals surface area contributed by atoms with Gasteiger partial charge in [0.1, 0.15) is 5.75 Å². The number of ether oxygens (including phenoxy) is 2. The van der Waals surface area contributed by atoms with Crippen LogP contribution in [0.1, 0.15) is 26.7 Å². The number of methoxy groups -OCH3 is 1. The molecule has 4 heteroatoms. The maximum Gasteiger partial charge on any atom is 0.142 e. The monoisotopic (exact) mass is 327 g/mol. The predicted octanol–water partition coefficient (Wildman–Crippen LogP) is 4.07. The van der Waals surface area contributed by atoms with E-state index in [1.165, 1.54) is 0 Å². The highest BCUT2D eigenvalue weighted by Gasteiger charge is 2.25. The molecule has 1 saturated heterocycles. The highest BCUT2D eigenvalue weighted by Crippen LogP contribution is 2.31. The largest absolute Gasteiger partial charge is 0.495 e. The summed E-state index contributed by atoms with van der Waals surface area (Å²) in [6, 6.07) is 6.49. The molecule has 0 amide bonds. The topological polar surface area (TPSA) is 30.5 Å². The first-order chi connectivity index (χ1) is 9.10. The van der Waals surface area contributed by atoms with Gasteiger partial charge in [0, 0.05) is 17.1 Å². The lowest BCUT2D eigenvalue weighted by Gasteiger charge is -2.33. The average molecular weight is 328 g/mol. The van der Waals surface area contributed by atoms with E-state index in [9.17, 15) is 0 Å². The summed E-state index contributed by atoms with van der Waals surface area (Å²) >= 11 is 3.51. The minimum Gasteiger partial charge on any atom is -0.495 e. The summed E-state index contributed by atoms with van der Waals surface area (Å²) in [6.45, 7) is 5.26. The lowest BCUT2D eigenvalue weighted by atomic mass is 9.95. The van der Waals surface area contributed by atoms with Crippen molar-refractivity contribution in [3.05, 3.63) is 22.7 Å². The van der Waals surface area contributed by atoms with Crippen LogP contribution in [0.2, 0.25) is 0 Å². The molecule has 0 bridgehead atoms. The molecule has 0 radical (unpaired) electrons. The van der Waals surface area contributed by atoms with Crippen molar-refractivity contribution in [3.8, 4) is 5.75 Å². The molecule has 106 valence electrons. The molecule has 1 aliphatic heterocycles. The van der Waals surface area contributed by atoms with Gasteiger partial charge in [-0.3, -0.25) is 0 Å². The second-order valence-corrected chi connectivity index (χ2v) is 6.28. The van der Waals surface area contributed by atoms with Gasteiger partial charge in [-0.15, -0.1) is 0 Å². The molecule has 1 fully saturated rings. The minimum absolute atomic E-state index is 0.351. The molecule has 1 heterocycles. The van der Waals surface area contributed by atoms with Crippen molar-refractivity contribution in [2.45, 2.75) is 38.8 Å². The Hall–Kier alpha value is -0.740. The predicted molar refractivity (Wildman–Crippen MR) is 81.9 cm³/mol. The molecule has 1 aromatic rings. The zero-order valence-corrected chi connectivity index (χ0v) is 13.4. The van der Waals surface area contributed by atoms with Gasteiger partial charge in [-0.2, -0.15) is 0 Å². The van der Waals surface area contributed by atoms with Crippen molar-refractivity contribution in [1.29, 1.82) is 0 Å². The maximum absolute atomic E-state index is 5.81. The van der Waals surface area contributed by atoms with Gasteiger partial charge in [-0.1, -0.05) is 29.8 Å². The van der Waals surface area contributed by atoms with Crippen molar-refractivity contribution >= 4 is 21.6 Å². The summed E-state index contributed by atoms with van der Waals surface area (Å²) in [5, 5.41) is 3.59. The molecule has 0 spiro atoms. The third kappa shape index (κ3) is 3.86. The fourth-order valence-electron chi connectivity index (χ4n) is 2.44. The summed E-state index contributed by atoms with van der Waals surface area (Å²) < 4.78 is 12.3. The van der Waals surface area contributed by atoms with Crippen LogP contribution in [-0.4, -0.2) is 25.9 Å². The second kappa shape index (κ2) is 6.62. The van der Waals surface area contributed by atoms with Gasteiger partial charge in [0.25, 0.3) is 0 Å². The van der Waals surface area contributed by atoms with Crippen molar-refractivity contribution in [3.63, 3.8) is 0 Å². The molecule has 1 N–H and O–H groups in total. The Labute approximate surface area is 123 Å². The summed E-state index contributed by atoms with van der Waals surface area (Å²) in [5.41, 5.74) is 1.05. The summed E-state index contributed by atoms with van der Waals surface area (Å²) in [4.78, 5) is 0. The van der Waals surface area contributed by atoms with Crippen molar-refractivity contribution in [2.24, 2.45) is 5.92 Å². The third-order valence-electron chi connectivity index (χ3n) is 3.58. The summed E-state index contributed by atoms with van der Waals surface area (Å²) in [6.07, 6.45) is 2.44. The van der Waals surface area contributed by atoms with Crippen LogP contribution in [0.25, 0.3) is 0 Å². The molecule has 0 aromatic heterocycles. The van der Waals surface area contributed by atoms with Gasteiger partial charge in [0.15, 0.2) is 0 Å². The molecule has 19 heavy (non-hydrogen) atoms. The van der Waals surface area contributed by atoms with E-state index in [4.69, 9.17) is 9.47 Å². The Bertz CT molecular complexity index is 423. The molecular weight excluding hydrogens is 306 g/mol. The van der Waals surface area contributed by atoms with Gasteiger partial charge in [0.2, 0.25) is 0 Å². The van der Waals surface area contributed by atoms with E-state index in [-0.39, 0.29) is 0 Å². The molecule has 2 unspecified atom stereocenters. The Morgan fingerprint density at radius 3 is 2.89 bits per heavy atom. The Morgan fingerprint density at radius 1 is 1.42 bits per heavy atom. The molecule has 0 aliphatic carbocycles. The van der Waals surface area contributed by atoms with Crippen LogP contribution in [0.15, 0.2) is 22.7 Å².